The van der Waals surface area contributed by atoms with Crippen LogP contribution in [-0.2, 0) is 5.41 Å². The van der Waals surface area contributed by atoms with E-state index in [9.17, 15) is 5.11 Å². The molecule has 76 valence electrons. The lowest BCUT2D eigenvalue weighted by molar-refractivity contribution is 0.251. The van der Waals surface area contributed by atoms with E-state index in [-0.39, 0.29) is 5.41 Å². The van der Waals surface area contributed by atoms with Crippen LogP contribution in [0.4, 0.5) is 0 Å². The number of rotatable bonds is 2. The van der Waals surface area contributed by atoms with Crippen LogP contribution in [0.5, 0.6) is 5.75 Å². The van der Waals surface area contributed by atoms with E-state index in [1.807, 2.05) is 12.1 Å². The molecular weight excluding hydrogens is 242 g/mol. The number of halogens is 1. The van der Waals surface area contributed by atoms with Gasteiger partial charge in [0.2, 0.25) is 0 Å². The second kappa shape index (κ2) is 3.55. The first-order chi connectivity index (χ1) is 6.68. The summed E-state index contributed by atoms with van der Waals surface area (Å²) in [5.74, 6) is 0.322. The van der Waals surface area contributed by atoms with Gasteiger partial charge >= 0.3 is 0 Å². The summed E-state index contributed by atoms with van der Waals surface area (Å²) in [6.07, 6.45) is 3.50. The predicted octanol–water partition coefficient (Wildman–Crippen LogP) is 2.54. The van der Waals surface area contributed by atoms with Crippen molar-refractivity contribution in [2.75, 3.05) is 6.54 Å². The standard InChI is InChI=1S/C11H14BrNO/c12-10-3-2-8(14)6-9(10)11(7-13)4-1-5-11/h2-3,6,14H,1,4-5,7,13H2. The molecule has 1 aliphatic carbocycles. The van der Waals surface area contributed by atoms with Crippen LogP contribution in [-0.4, -0.2) is 11.7 Å². The lowest BCUT2D eigenvalue weighted by Crippen LogP contribution is -2.41. The van der Waals surface area contributed by atoms with Gasteiger partial charge in [-0.1, -0.05) is 22.4 Å². The van der Waals surface area contributed by atoms with Crippen LogP contribution in [0.15, 0.2) is 22.7 Å². The van der Waals surface area contributed by atoms with Crippen molar-refractivity contribution in [3.63, 3.8) is 0 Å². The van der Waals surface area contributed by atoms with Gasteiger partial charge in [-0.25, -0.2) is 0 Å². The van der Waals surface area contributed by atoms with E-state index >= 15 is 0 Å². The maximum absolute atomic E-state index is 9.45. The molecule has 1 aromatic rings. The van der Waals surface area contributed by atoms with E-state index in [0.29, 0.717) is 12.3 Å². The molecule has 1 fully saturated rings. The maximum atomic E-state index is 9.45. The molecule has 3 heteroatoms. The van der Waals surface area contributed by atoms with E-state index < -0.39 is 0 Å². The van der Waals surface area contributed by atoms with Gasteiger partial charge in [-0.3, -0.25) is 0 Å². The van der Waals surface area contributed by atoms with Crippen LogP contribution in [0.25, 0.3) is 0 Å². The molecule has 0 spiro atoms. The zero-order valence-corrected chi connectivity index (χ0v) is 9.55. The Labute approximate surface area is 92.3 Å². The second-order valence-corrected chi connectivity index (χ2v) is 4.86. The SMILES string of the molecule is NCC1(c2cc(O)ccc2Br)CCC1. The second-order valence-electron chi connectivity index (χ2n) is 4.00. The molecule has 14 heavy (non-hydrogen) atoms. The summed E-state index contributed by atoms with van der Waals surface area (Å²) < 4.78 is 1.06. The first-order valence-corrected chi connectivity index (χ1v) is 5.66. The molecule has 1 saturated carbocycles. The highest BCUT2D eigenvalue weighted by Gasteiger charge is 2.38. The molecule has 0 saturated heterocycles. The van der Waals surface area contributed by atoms with Crippen LogP contribution in [0.1, 0.15) is 24.8 Å². The summed E-state index contributed by atoms with van der Waals surface area (Å²) in [7, 11) is 0. The predicted molar refractivity (Wildman–Crippen MR) is 60.4 cm³/mol. The van der Waals surface area contributed by atoms with Gasteiger partial charge in [-0.15, -0.1) is 0 Å². The van der Waals surface area contributed by atoms with E-state index in [2.05, 4.69) is 15.9 Å². The largest absolute Gasteiger partial charge is 0.508 e. The normalized spacial score (nSPS) is 19.0. The quantitative estimate of drug-likeness (QED) is 0.854. The van der Waals surface area contributed by atoms with Crippen molar-refractivity contribution in [1.82, 2.24) is 0 Å². The number of aromatic hydroxyl groups is 1. The number of benzene rings is 1. The molecule has 1 aliphatic rings. The van der Waals surface area contributed by atoms with E-state index in [1.165, 1.54) is 6.42 Å². The Morgan fingerprint density at radius 1 is 1.43 bits per heavy atom. The fraction of sp³-hybridized carbons (Fsp3) is 0.455. The molecule has 0 heterocycles. The van der Waals surface area contributed by atoms with Gasteiger partial charge in [-0.2, -0.15) is 0 Å². The monoisotopic (exact) mass is 255 g/mol. The first-order valence-electron chi connectivity index (χ1n) is 4.87. The smallest absolute Gasteiger partial charge is 0.115 e. The van der Waals surface area contributed by atoms with E-state index in [0.717, 1.165) is 22.9 Å². The van der Waals surface area contributed by atoms with Crippen LogP contribution < -0.4 is 5.73 Å². The van der Waals surface area contributed by atoms with Crippen LogP contribution in [0.3, 0.4) is 0 Å². The molecule has 0 amide bonds. The van der Waals surface area contributed by atoms with Gasteiger partial charge in [0.15, 0.2) is 0 Å². The van der Waals surface area contributed by atoms with Gasteiger partial charge in [0, 0.05) is 16.4 Å². The van der Waals surface area contributed by atoms with Crippen molar-refractivity contribution >= 4 is 15.9 Å². The number of phenols is 1. The highest BCUT2D eigenvalue weighted by Crippen LogP contribution is 2.46. The molecule has 0 aromatic heterocycles. The summed E-state index contributed by atoms with van der Waals surface area (Å²) in [6, 6.07) is 5.41. The van der Waals surface area contributed by atoms with Gasteiger partial charge in [0.1, 0.15) is 5.75 Å². The topological polar surface area (TPSA) is 46.2 Å². The van der Waals surface area contributed by atoms with E-state index in [1.54, 1.807) is 6.07 Å². The Bertz CT molecular complexity index is 342. The zero-order chi connectivity index (χ0) is 10.2. The van der Waals surface area contributed by atoms with Crippen LogP contribution in [0.2, 0.25) is 0 Å². The Balaban J connectivity index is 2.43. The molecule has 0 atom stereocenters. The maximum Gasteiger partial charge on any atom is 0.115 e. The van der Waals surface area contributed by atoms with E-state index in [4.69, 9.17) is 5.73 Å². The number of hydrogen-bond donors (Lipinski definition) is 2. The minimum atomic E-state index is 0.109. The average Bonchev–Trinajstić information content (AvgIpc) is 2.10. The van der Waals surface area contributed by atoms with Gasteiger partial charge in [-0.05, 0) is 36.6 Å². The van der Waals surface area contributed by atoms with Crippen LogP contribution in [0, 0.1) is 0 Å². The van der Waals surface area contributed by atoms with Gasteiger partial charge < -0.3 is 10.8 Å². The van der Waals surface area contributed by atoms with Crippen LogP contribution >= 0.6 is 15.9 Å². The Morgan fingerprint density at radius 2 is 2.14 bits per heavy atom. The highest BCUT2D eigenvalue weighted by atomic mass is 79.9. The van der Waals surface area contributed by atoms with Crippen molar-refractivity contribution in [2.45, 2.75) is 24.7 Å². The highest BCUT2D eigenvalue weighted by molar-refractivity contribution is 9.10. The summed E-state index contributed by atoms with van der Waals surface area (Å²) in [6.45, 7) is 0.662. The molecule has 3 N–H and O–H groups in total. The fourth-order valence-electron chi connectivity index (χ4n) is 2.11. The van der Waals surface area contributed by atoms with Crippen molar-refractivity contribution in [2.24, 2.45) is 5.73 Å². The number of hydrogen-bond acceptors (Lipinski definition) is 2. The van der Waals surface area contributed by atoms with Crippen molar-refractivity contribution in [3.05, 3.63) is 28.2 Å². The minimum Gasteiger partial charge on any atom is -0.508 e. The summed E-state index contributed by atoms with van der Waals surface area (Å²) >= 11 is 3.52. The molecule has 1 aromatic carbocycles. The third kappa shape index (κ3) is 1.44. The Hall–Kier alpha value is -0.540. The third-order valence-corrected chi connectivity index (χ3v) is 3.91. The van der Waals surface area contributed by atoms with Gasteiger partial charge in [0.25, 0.3) is 0 Å². The van der Waals surface area contributed by atoms with Gasteiger partial charge in [0.05, 0.1) is 0 Å². The first kappa shape index (κ1) is 9.99. The molecule has 0 aliphatic heterocycles. The third-order valence-electron chi connectivity index (χ3n) is 3.22. The number of phenolic OH excluding ortho intramolecular Hbond substituents is 1. The lowest BCUT2D eigenvalue weighted by atomic mass is 9.64. The van der Waals surface area contributed by atoms with Crippen molar-refractivity contribution < 1.29 is 5.11 Å². The summed E-state index contributed by atoms with van der Waals surface area (Å²) in [5, 5.41) is 9.45. The molecular formula is C11H14BrNO. The molecule has 0 bridgehead atoms. The fourth-order valence-corrected chi connectivity index (χ4v) is 2.77. The minimum absolute atomic E-state index is 0.109. The lowest BCUT2D eigenvalue weighted by Gasteiger charge is -2.42. The summed E-state index contributed by atoms with van der Waals surface area (Å²) in [5.41, 5.74) is 7.08. The molecule has 2 nitrogen and oxygen atoms in total. The summed E-state index contributed by atoms with van der Waals surface area (Å²) in [4.78, 5) is 0. The Morgan fingerprint density at radius 3 is 2.64 bits per heavy atom. The molecule has 2 rings (SSSR count). The molecule has 0 unspecified atom stereocenters. The average molecular weight is 256 g/mol. The van der Waals surface area contributed by atoms with Crippen molar-refractivity contribution in [1.29, 1.82) is 0 Å². The molecule has 0 radical (unpaired) electrons. The zero-order valence-electron chi connectivity index (χ0n) is 7.96. The number of nitrogens with two attached hydrogens (primary N) is 1. The Kier molecular flexibility index (Phi) is 2.54. The van der Waals surface area contributed by atoms with Crippen molar-refractivity contribution in [3.8, 4) is 5.75 Å².